The van der Waals surface area contributed by atoms with Crippen molar-refractivity contribution in [2.24, 2.45) is 0 Å². The van der Waals surface area contributed by atoms with Gasteiger partial charge in [0.1, 0.15) is 30.0 Å². The number of hydrogen-bond acceptors (Lipinski definition) is 5. The SMILES string of the molecule is CCC[S+]([O-])CCCN(CC)C[C@H](O)COc1ccc(C#N)cc1. The van der Waals surface area contributed by atoms with Crippen molar-refractivity contribution in [3.8, 4) is 11.8 Å². The largest absolute Gasteiger partial charge is 0.616 e. The molecule has 1 aromatic carbocycles. The Bertz CT molecular complexity index is 490. The van der Waals surface area contributed by atoms with Crippen LogP contribution in [0.15, 0.2) is 24.3 Å². The van der Waals surface area contributed by atoms with Gasteiger partial charge in [-0.25, -0.2) is 0 Å². The Balaban J connectivity index is 2.27. The van der Waals surface area contributed by atoms with E-state index in [4.69, 9.17) is 10.00 Å². The number of benzene rings is 1. The average Bonchev–Trinajstić information content (AvgIpc) is 2.59. The Morgan fingerprint density at radius 3 is 2.58 bits per heavy atom. The molecule has 1 aromatic rings. The zero-order valence-corrected chi connectivity index (χ0v) is 15.4. The van der Waals surface area contributed by atoms with Crippen LogP contribution in [-0.4, -0.2) is 58.4 Å². The van der Waals surface area contributed by atoms with Gasteiger partial charge in [0.2, 0.25) is 0 Å². The molecule has 0 spiro atoms. The van der Waals surface area contributed by atoms with Crippen LogP contribution < -0.4 is 4.74 Å². The number of hydrogen-bond donors (Lipinski definition) is 1. The maximum Gasteiger partial charge on any atom is 0.119 e. The molecule has 0 heterocycles. The van der Waals surface area contributed by atoms with Crippen LogP contribution in [0.25, 0.3) is 0 Å². The molecule has 134 valence electrons. The van der Waals surface area contributed by atoms with Crippen LogP contribution in [0, 0.1) is 11.3 Å². The molecule has 1 unspecified atom stereocenters. The fraction of sp³-hybridized carbons (Fsp3) is 0.611. The van der Waals surface area contributed by atoms with E-state index in [-0.39, 0.29) is 6.61 Å². The summed E-state index contributed by atoms with van der Waals surface area (Å²) < 4.78 is 17.2. The second-order valence-electron chi connectivity index (χ2n) is 5.70. The quantitative estimate of drug-likeness (QED) is 0.583. The van der Waals surface area contributed by atoms with Gasteiger partial charge >= 0.3 is 0 Å². The summed E-state index contributed by atoms with van der Waals surface area (Å²) in [7, 11) is 0. The number of aliphatic hydroxyl groups is 1. The monoisotopic (exact) mass is 352 g/mol. The number of rotatable bonds is 12. The van der Waals surface area contributed by atoms with Crippen molar-refractivity contribution >= 4 is 11.2 Å². The molecular formula is C18H28N2O3S. The molecule has 1 rings (SSSR count). The fourth-order valence-electron chi connectivity index (χ4n) is 2.33. The van der Waals surface area contributed by atoms with E-state index in [1.807, 2.05) is 6.92 Å². The maximum absolute atomic E-state index is 11.6. The van der Waals surface area contributed by atoms with Crippen molar-refractivity contribution in [3.05, 3.63) is 29.8 Å². The molecule has 0 saturated carbocycles. The van der Waals surface area contributed by atoms with Gasteiger partial charge in [-0.05, 0) is 37.2 Å². The van der Waals surface area contributed by atoms with Crippen molar-refractivity contribution in [2.75, 3.05) is 37.7 Å². The standard InChI is InChI=1S/C18H28N2O3S/c1-3-11-24(22)12-5-10-20(4-2)14-17(21)15-23-18-8-6-16(13-19)7-9-18/h6-9,17,21H,3-5,10-12,14-15H2,1-2H3/t17-,24?/m0/s1. The first-order valence-corrected chi connectivity index (χ1v) is 9.96. The molecule has 0 aliphatic carbocycles. The first kappa shape index (κ1) is 20.8. The molecular weight excluding hydrogens is 324 g/mol. The fourth-order valence-corrected chi connectivity index (χ4v) is 3.44. The van der Waals surface area contributed by atoms with Crippen LogP contribution in [0.2, 0.25) is 0 Å². The summed E-state index contributed by atoms with van der Waals surface area (Å²) in [5.74, 6) is 2.14. The van der Waals surface area contributed by atoms with E-state index >= 15 is 0 Å². The normalized spacial score (nSPS) is 13.5. The molecule has 0 radical (unpaired) electrons. The summed E-state index contributed by atoms with van der Waals surface area (Å²) >= 11 is -0.719. The molecule has 24 heavy (non-hydrogen) atoms. The summed E-state index contributed by atoms with van der Waals surface area (Å²) in [6.45, 7) is 6.52. The van der Waals surface area contributed by atoms with E-state index in [9.17, 15) is 9.66 Å². The molecule has 0 saturated heterocycles. The molecule has 0 aliphatic heterocycles. The lowest BCUT2D eigenvalue weighted by Crippen LogP contribution is -2.36. The van der Waals surface area contributed by atoms with E-state index in [0.717, 1.165) is 37.4 Å². The molecule has 0 fully saturated rings. The first-order chi connectivity index (χ1) is 11.6. The van der Waals surface area contributed by atoms with Crippen molar-refractivity contribution in [1.29, 1.82) is 5.26 Å². The van der Waals surface area contributed by atoms with Gasteiger partial charge in [-0.3, -0.25) is 0 Å². The van der Waals surface area contributed by atoms with Gasteiger partial charge in [-0.15, -0.1) is 0 Å². The van der Waals surface area contributed by atoms with Gasteiger partial charge in [0, 0.05) is 19.5 Å². The summed E-state index contributed by atoms with van der Waals surface area (Å²) in [5.41, 5.74) is 0.584. The molecule has 5 nitrogen and oxygen atoms in total. The lowest BCUT2D eigenvalue weighted by molar-refractivity contribution is 0.0700. The second kappa shape index (κ2) is 12.2. The minimum Gasteiger partial charge on any atom is -0.616 e. The van der Waals surface area contributed by atoms with Crippen molar-refractivity contribution < 1.29 is 14.4 Å². The minimum atomic E-state index is -0.719. The van der Waals surface area contributed by atoms with Crippen LogP contribution in [0.1, 0.15) is 32.3 Å². The molecule has 6 heteroatoms. The number of nitrogens with zero attached hydrogens (tertiary/aromatic N) is 2. The van der Waals surface area contributed by atoms with E-state index in [2.05, 4.69) is 17.9 Å². The Hall–Kier alpha value is -1.26. The summed E-state index contributed by atoms with van der Waals surface area (Å²) in [6.07, 6.45) is 1.25. The van der Waals surface area contributed by atoms with Crippen LogP contribution in [0.4, 0.5) is 0 Å². The molecule has 2 atom stereocenters. The first-order valence-electron chi connectivity index (χ1n) is 8.47. The lowest BCUT2D eigenvalue weighted by atomic mass is 10.2. The van der Waals surface area contributed by atoms with Gasteiger partial charge in [-0.1, -0.05) is 25.0 Å². The van der Waals surface area contributed by atoms with Crippen LogP contribution in [0.5, 0.6) is 5.75 Å². The third-order valence-corrected chi connectivity index (χ3v) is 5.23. The Labute approximate surface area is 148 Å². The highest BCUT2D eigenvalue weighted by molar-refractivity contribution is 7.91. The Morgan fingerprint density at radius 1 is 1.29 bits per heavy atom. The maximum atomic E-state index is 11.6. The van der Waals surface area contributed by atoms with E-state index < -0.39 is 17.3 Å². The number of ether oxygens (including phenoxy) is 1. The van der Waals surface area contributed by atoms with E-state index in [0.29, 0.717) is 17.9 Å². The lowest BCUT2D eigenvalue weighted by Gasteiger charge is -2.23. The topological polar surface area (TPSA) is 79.6 Å². The van der Waals surface area contributed by atoms with Crippen LogP contribution in [0.3, 0.4) is 0 Å². The van der Waals surface area contributed by atoms with Crippen LogP contribution in [-0.2, 0) is 11.2 Å². The van der Waals surface area contributed by atoms with Gasteiger partial charge < -0.3 is 19.3 Å². The Kier molecular flexibility index (Phi) is 10.5. The zero-order valence-electron chi connectivity index (χ0n) is 14.6. The number of aliphatic hydroxyl groups excluding tert-OH is 1. The highest BCUT2D eigenvalue weighted by Crippen LogP contribution is 2.12. The average molecular weight is 353 g/mol. The van der Waals surface area contributed by atoms with Crippen molar-refractivity contribution in [2.45, 2.75) is 32.8 Å². The minimum absolute atomic E-state index is 0.212. The number of likely N-dealkylation sites (N-methyl/N-ethyl adjacent to an activating group) is 1. The molecule has 0 aromatic heterocycles. The second-order valence-corrected chi connectivity index (χ2v) is 7.39. The van der Waals surface area contributed by atoms with E-state index in [1.165, 1.54) is 0 Å². The van der Waals surface area contributed by atoms with Gasteiger partial charge in [0.15, 0.2) is 0 Å². The highest BCUT2D eigenvalue weighted by Gasteiger charge is 2.12. The molecule has 0 bridgehead atoms. The zero-order chi connectivity index (χ0) is 17.8. The summed E-state index contributed by atoms with van der Waals surface area (Å²) in [4.78, 5) is 2.15. The third-order valence-electron chi connectivity index (χ3n) is 3.62. The third kappa shape index (κ3) is 8.55. The predicted octanol–water partition coefficient (Wildman–Crippen LogP) is 2.17. The number of nitriles is 1. The van der Waals surface area contributed by atoms with Crippen molar-refractivity contribution in [1.82, 2.24) is 4.90 Å². The van der Waals surface area contributed by atoms with Gasteiger partial charge in [-0.2, -0.15) is 5.26 Å². The summed E-state index contributed by atoms with van der Waals surface area (Å²) in [6, 6.07) is 8.89. The van der Waals surface area contributed by atoms with E-state index in [1.54, 1.807) is 24.3 Å². The Morgan fingerprint density at radius 2 is 2.00 bits per heavy atom. The summed E-state index contributed by atoms with van der Waals surface area (Å²) in [5, 5.41) is 18.9. The van der Waals surface area contributed by atoms with Crippen molar-refractivity contribution in [3.63, 3.8) is 0 Å². The molecule has 0 amide bonds. The van der Waals surface area contributed by atoms with Gasteiger partial charge in [0.25, 0.3) is 0 Å². The van der Waals surface area contributed by atoms with Crippen LogP contribution >= 0.6 is 0 Å². The molecule has 0 aliphatic rings. The molecule has 1 N–H and O–H groups in total. The smallest absolute Gasteiger partial charge is 0.119 e. The predicted molar refractivity (Wildman–Crippen MR) is 97.6 cm³/mol. The van der Waals surface area contributed by atoms with Gasteiger partial charge in [0.05, 0.1) is 11.6 Å². The highest BCUT2D eigenvalue weighted by atomic mass is 32.2.